The van der Waals surface area contributed by atoms with Crippen molar-refractivity contribution in [2.75, 3.05) is 0 Å². The summed E-state index contributed by atoms with van der Waals surface area (Å²) in [4.78, 5) is 7.91. The van der Waals surface area contributed by atoms with Crippen molar-refractivity contribution in [3.8, 4) is 0 Å². The van der Waals surface area contributed by atoms with Gasteiger partial charge in [-0.15, -0.1) is 0 Å². The molecule has 62 valence electrons. The predicted octanol–water partition coefficient (Wildman–Crippen LogP) is 1.14. The molecule has 0 saturated carbocycles. The van der Waals surface area contributed by atoms with Gasteiger partial charge in [-0.2, -0.15) is 0 Å². The molecule has 1 aliphatic carbocycles. The third kappa shape index (κ3) is 1.32. The molecule has 0 radical (unpaired) electrons. The fourth-order valence-electron chi connectivity index (χ4n) is 1.22. The lowest BCUT2D eigenvalue weighted by Gasteiger charge is -2.00. The summed E-state index contributed by atoms with van der Waals surface area (Å²) in [6.45, 7) is 0. The van der Waals surface area contributed by atoms with Crippen LogP contribution in [0.5, 0.6) is 0 Å². The maximum Gasteiger partial charge on any atom is 0.224 e. The molecule has 0 aromatic carbocycles. The average Bonchev–Trinajstić information content (AvgIpc) is 2.04. The zero-order valence-corrected chi connectivity index (χ0v) is 7.73. The van der Waals surface area contributed by atoms with Crippen molar-refractivity contribution in [2.24, 2.45) is 0 Å². The van der Waals surface area contributed by atoms with Gasteiger partial charge < -0.3 is 0 Å². The third-order valence-corrected chi connectivity index (χ3v) is 2.21. The van der Waals surface area contributed by atoms with Crippen molar-refractivity contribution < 1.29 is 0 Å². The summed E-state index contributed by atoms with van der Waals surface area (Å²) in [7, 11) is 0. The van der Waals surface area contributed by atoms with Gasteiger partial charge in [0.05, 0.1) is 5.35 Å². The van der Waals surface area contributed by atoms with Gasteiger partial charge in [-0.1, -0.05) is 23.8 Å². The van der Waals surface area contributed by atoms with Crippen LogP contribution in [-0.2, 0) is 0 Å². The van der Waals surface area contributed by atoms with E-state index in [0.29, 0.717) is 5.15 Å². The van der Waals surface area contributed by atoms with Crippen molar-refractivity contribution in [2.45, 2.75) is 12.8 Å². The number of halogens is 2. The smallest absolute Gasteiger partial charge is 0.218 e. The number of rotatable bonds is 0. The van der Waals surface area contributed by atoms with E-state index in [1.807, 2.05) is 12.2 Å². The Morgan fingerprint density at radius 1 is 1.08 bits per heavy atom. The predicted molar refractivity (Wildman–Crippen MR) is 49.5 cm³/mol. The molecule has 0 unspecified atom stereocenters. The number of nitrogens with zero attached hydrogens (tertiary/aromatic N) is 2. The lowest BCUT2D eigenvalue weighted by molar-refractivity contribution is 1.03. The molecule has 0 atom stereocenters. The second-order valence-corrected chi connectivity index (χ2v) is 3.26. The zero-order chi connectivity index (χ0) is 8.55. The first-order valence-electron chi connectivity index (χ1n) is 3.67. The van der Waals surface area contributed by atoms with Crippen molar-refractivity contribution in [1.82, 2.24) is 9.97 Å². The minimum absolute atomic E-state index is 0.213. The number of hydrogen-bond acceptors (Lipinski definition) is 2. The van der Waals surface area contributed by atoms with E-state index in [1.54, 1.807) is 0 Å². The van der Waals surface area contributed by atoms with Gasteiger partial charge in [0.1, 0.15) is 5.15 Å². The van der Waals surface area contributed by atoms with Crippen molar-refractivity contribution in [3.63, 3.8) is 0 Å². The molecular formula is C8H6Cl2N2. The quantitative estimate of drug-likeness (QED) is 0.464. The van der Waals surface area contributed by atoms with E-state index in [0.717, 1.165) is 23.4 Å². The van der Waals surface area contributed by atoms with E-state index in [-0.39, 0.29) is 5.28 Å². The van der Waals surface area contributed by atoms with Crippen LogP contribution in [-0.4, -0.2) is 9.97 Å². The molecule has 0 fully saturated rings. The molecule has 1 heterocycles. The van der Waals surface area contributed by atoms with Crippen LogP contribution < -0.4 is 10.6 Å². The fourth-order valence-corrected chi connectivity index (χ4v) is 1.70. The molecule has 1 aromatic rings. The number of hydrogen-bond donors (Lipinski definition) is 0. The van der Waals surface area contributed by atoms with E-state index >= 15 is 0 Å². The summed E-state index contributed by atoms with van der Waals surface area (Å²) in [5.41, 5.74) is 0. The van der Waals surface area contributed by atoms with Gasteiger partial charge >= 0.3 is 0 Å². The molecule has 4 heteroatoms. The SMILES string of the molecule is Clc1nc(Cl)c2c(n1)=CCCC=2. The lowest BCUT2D eigenvalue weighted by atomic mass is 10.2. The van der Waals surface area contributed by atoms with Gasteiger partial charge in [-0.3, -0.25) is 0 Å². The highest BCUT2D eigenvalue weighted by Crippen LogP contribution is 2.02. The van der Waals surface area contributed by atoms with E-state index < -0.39 is 0 Å². The Morgan fingerprint density at radius 2 is 1.83 bits per heavy atom. The minimum atomic E-state index is 0.213. The van der Waals surface area contributed by atoms with Crippen LogP contribution in [0.15, 0.2) is 0 Å². The summed E-state index contributed by atoms with van der Waals surface area (Å²) in [5, 5.41) is 2.42. The molecule has 2 rings (SSSR count). The molecular weight excluding hydrogens is 195 g/mol. The Bertz CT molecular complexity index is 425. The molecule has 0 amide bonds. The first-order chi connectivity index (χ1) is 5.77. The van der Waals surface area contributed by atoms with Gasteiger partial charge in [-0.05, 0) is 24.4 Å². The Morgan fingerprint density at radius 3 is 2.67 bits per heavy atom. The van der Waals surface area contributed by atoms with Crippen LogP contribution in [0.25, 0.3) is 12.2 Å². The largest absolute Gasteiger partial charge is 0.224 e. The summed E-state index contributed by atoms with van der Waals surface area (Å²) in [5.74, 6) is 0. The van der Waals surface area contributed by atoms with Crippen LogP contribution in [0, 0.1) is 0 Å². The highest BCUT2D eigenvalue weighted by atomic mass is 35.5. The number of fused-ring (bicyclic) bond motifs is 1. The summed E-state index contributed by atoms with van der Waals surface area (Å²) in [6, 6.07) is 0. The zero-order valence-electron chi connectivity index (χ0n) is 6.22. The molecule has 0 spiro atoms. The normalized spacial score (nSPS) is 14.5. The molecule has 0 bridgehead atoms. The van der Waals surface area contributed by atoms with E-state index in [2.05, 4.69) is 9.97 Å². The first kappa shape index (κ1) is 8.02. The fraction of sp³-hybridized carbons (Fsp3) is 0.250. The Hall–Kier alpha value is -0.600. The van der Waals surface area contributed by atoms with Crippen LogP contribution in [0.2, 0.25) is 10.4 Å². The molecule has 1 aromatic heterocycles. The molecule has 12 heavy (non-hydrogen) atoms. The summed E-state index contributed by atoms with van der Waals surface area (Å²) in [6.07, 6.45) is 6.05. The van der Waals surface area contributed by atoms with Crippen molar-refractivity contribution >= 4 is 35.4 Å². The third-order valence-electron chi connectivity index (χ3n) is 1.75. The van der Waals surface area contributed by atoms with E-state index in [1.165, 1.54) is 0 Å². The van der Waals surface area contributed by atoms with Crippen LogP contribution >= 0.6 is 23.2 Å². The maximum absolute atomic E-state index is 5.86. The second kappa shape index (κ2) is 3.04. The summed E-state index contributed by atoms with van der Waals surface area (Å²) < 4.78 is 0. The Labute approximate surface area is 79.6 Å². The van der Waals surface area contributed by atoms with Crippen LogP contribution in [0.1, 0.15) is 12.8 Å². The van der Waals surface area contributed by atoms with Crippen molar-refractivity contribution in [3.05, 3.63) is 21.0 Å². The average molecular weight is 201 g/mol. The van der Waals surface area contributed by atoms with Crippen LogP contribution in [0.3, 0.4) is 0 Å². The highest BCUT2D eigenvalue weighted by molar-refractivity contribution is 6.31. The molecule has 1 aliphatic rings. The van der Waals surface area contributed by atoms with Gasteiger partial charge in [0.2, 0.25) is 5.28 Å². The maximum atomic E-state index is 5.86. The van der Waals surface area contributed by atoms with Gasteiger partial charge in [-0.25, -0.2) is 9.97 Å². The standard InChI is InChI=1S/C8H6Cl2N2/c9-7-5-3-1-2-4-6(5)11-8(10)12-7/h3-4H,1-2H2. The second-order valence-electron chi connectivity index (χ2n) is 2.57. The van der Waals surface area contributed by atoms with Crippen LogP contribution in [0.4, 0.5) is 0 Å². The first-order valence-corrected chi connectivity index (χ1v) is 4.42. The Kier molecular flexibility index (Phi) is 2.03. The van der Waals surface area contributed by atoms with Gasteiger partial charge in [0.25, 0.3) is 0 Å². The van der Waals surface area contributed by atoms with Gasteiger partial charge in [0, 0.05) is 5.22 Å². The minimum Gasteiger partial charge on any atom is -0.218 e. The summed E-state index contributed by atoms with van der Waals surface area (Å²) >= 11 is 11.5. The Balaban J connectivity index is 2.87. The highest BCUT2D eigenvalue weighted by Gasteiger charge is 2.02. The lowest BCUT2D eigenvalue weighted by Crippen LogP contribution is -2.32. The van der Waals surface area contributed by atoms with E-state index in [9.17, 15) is 0 Å². The molecule has 2 nitrogen and oxygen atoms in total. The monoisotopic (exact) mass is 200 g/mol. The topological polar surface area (TPSA) is 25.8 Å². The molecule has 0 N–H and O–H groups in total. The van der Waals surface area contributed by atoms with Gasteiger partial charge in [0.15, 0.2) is 0 Å². The van der Waals surface area contributed by atoms with E-state index in [4.69, 9.17) is 23.2 Å². The molecule has 0 aliphatic heterocycles. The molecule has 0 saturated heterocycles. The van der Waals surface area contributed by atoms with Crippen molar-refractivity contribution in [1.29, 1.82) is 0 Å². The number of aromatic nitrogens is 2.